The monoisotopic (exact) mass is 357 g/mol. The van der Waals surface area contributed by atoms with Crippen LogP contribution in [0.2, 0.25) is 0 Å². The lowest BCUT2D eigenvalue weighted by molar-refractivity contribution is -0.275. The summed E-state index contributed by atoms with van der Waals surface area (Å²) in [6.07, 6.45) is -4.93. The number of halogens is 3. The average molecular weight is 357 g/mol. The van der Waals surface area contributed by atoms with Crippen LogP contribution >= 0.6 is 0 Å². The van der Waals surface area contributed by atoms with Gasteiger partial charge in [0.15, 0.2) is 0 Å². The topological polar surface area (TPSA) is 53.2 Å². The smallest absolute Gasteiger partial charge is 0.424 e. The number of alkyl halides is 3. The van der Waals surface area contributed by atoms with Crippen molar-refractivity contribution >= 4 is 10.8 Å². The summed E-state index contributed by atoms with van der Waals surface area (Å²) in [6.45, 7) is -0.999. The number of nitrogens with zero attached hydrogens (tertiary/aromatic N) is 1. The fourth-order valence-electron chi connectivity index (χ4n) is 2.59. The summed E-state index contributed by atoms with van der Waals surface area (Å²) in [5.74, 6) is 0.132. The van der Waals surface area contributed by atoms with Crippen LogP contribution in [0.5, 0.6) is 5.75 Å². The van der Waals surface area contributed by atoms with Crippen molar-refractivity contribution in [2.45, 2.75) is 11.8 Å². The van der Waals surface area contributed by atoms with Crippen molar-refractivity contribution in [3.63, 3.8) is 0 Å². The lowest BCUT2D eigenvalue weighted by Gasteiger charge is -2.31. The van der Waals surface area contributed by atoms with Gasteiger partial charge in [-0.3, -0.25) is 0 Å². The van der Waals surface area contributed by atoms with Gasteiger partial charge in [0.05, 0.1) is 11.6 Å². The Hall–Kier alpha value is -3.04. The van der Waals surface area contributed by atoms with Crippen molar-refractivity contribution in [2.24, 2.45) is 0 Å². The molecule has 0 spiro atoms. The molecule has 0 aliphatic rings. The Bertz CT molecular complexity index is 961. The van der Waals surface area contributed by atoms with Crippen molar-refractivity contribution in [1.82, 2.24) is 0 Å². The maximum atomic E-state index is 13.6. The van der Waals surface area contributed by atoms with Gasteiger partial charge in [0, 0.05) is 0 Å². The Balaban J connectivity index is 1.93. The maximum Gasteiger partial charge on any atom is 0.424 e. The summed E-state index contributed by atoms with van der Waals surface area (Å²) in [6, 6.07) is 18.6. The molecule has 0 saturated heterocycles. The third-order valence-electron chi connectivity index (χ3n) is 4.13. The van der Waals surface area contributed by atoms with E-state index >= 15 is 0 Å². The zero-order valence-electron chi connectivity index (χ0n) is 13.5. The standard InChI is InChI=1S/C20H14F3NO2/c21-20(22,23)19(25,13-26-18-9-5-14(12-24)6-10-18)17-8-7-15-3-1-2-4-16(15)11-17/h1-11,25H,13H2. The summed E-state index contributed by atoms with van der Waals surface area (Å²) < 4.78 is 46.1. The van der Waals surface area contributed by atoms with Crippen LogP contribution in [0.15, 0.2) is 66.7 Å². The van der Waals surface area contributed by atoms with E-state index in [0.717, 1.165) is 5.39 Å². The van der Waals surface area contributed by atoms with Gasteiger partial charge in [-0.2, -0.15) is 18.4 Å². The maximum absolute atomic E-state index is 13.6. The minimum absolute atomic E-state index is 0.132. The van der Waals surface area contributed by atoms with E-state index in [2.05, 4.69) is 0 Å². The first-order chi connectivity index (χ1) is 12.3. The van der Waals surface area contributed by atoms with Gasteiger partial charge >= 0.3 is 6.18 Å². The molecule has 0 aliphatic carbocycles. The van der Waals surface area contributed by atoms with Gasteiger partial charge in [0.25, 0.3) is 0 Å². The molecule has 0 heterocycles. The minimum atomic E-state index is -4.93. The predicted molar refractivity (Wildman–Crippen MR) is 90.6 cm³/mol. The Labute approximate surface area is 147 Å². The number of hydrogen-bond donors (Lipinski definition) is 1. The Morgan fingerprint density at radius 1 is 0.923 bits per heavy atom. The Morgan fingerprint density at radius 2 is 1.58 bits per heavy atom. The van der Waals surface area contributed by atoms with E-state index in [9.17, 15) is 18.3 Å². The molecule has 0 amide bonds. The SMILES string of the molecule is N#Cc1ccc(OCC(O)(c2ccc3ccccc3c2)C(F)(F)F)cc1. The highest BCUT2D eigenvalue weighted by Gasteiger charge is 2.56. The fraction of sp³-hybridized carbons (Fsp3) is 0.150. The van der Waals surface area contributed by atoms with Crippen LogP contribution in [-0.4, -0.2) is 17.9 Å². The summed E-state index contributed by atoms with van der Waals surface area (Å²) in [7, 11) is 0. The molecule has 26 heavy (non-hydrogen) atoms. The molecule has 0 aromatic heterocycles. The molecule has 1 N–H and O–H groups in total. The lowest BCUT2D eigenvalue weighted by Crippen LogP contribution is -2.47. The van der Waals surface area contributed by atoms with Crippen molar-refractivity contribution in [3.05, 3.63) is 77.9 Å². The lowest BCUT2D eigenvalue weighted by atomic mass is 9.92. The van der Waals surface area contributed by atoms with Gasteiger partial charge < -0.3 is 9.84 Å². The number of hydrogen-bond acceptors (Lipinski definition) is 3. The van der Waals surface area contributed by atoms with Gasteiger partial charge in [-0.1, -0.05) is 36.4 Å². The predicted octanol–water partition coefficient (Wildman–Crippen LogP) is 4.54. The summed E-state index contributed by atoms with van der Waals surface area (Å²) in [4.78, 5) is 0. The quantitative estimate of drug-likeness (QED) is 0.746. The number of rotatable bonds is 4. The summed E-state index contributed by atoms with van der Waals surface area (Å²) in [5, 5.41) is 20.5. The molecule has 0 bridgehead atoms. The molecule has 132 valence electrons. The molecule has 3 rings (SSSR count). The molecule has 0 aliphatic heterocycles. The molecule has 0 fully saturated rings. The van der Waals surface area contributed by atoms with E-state index in [4.69, 9.17) is 10.00 Å². The van der Waals surface area contributed by atoms with Gasteiger partial charge in [-0.25, -0.2) is 0 Å². The van der Waals surface area contributed by atoms with Crippen molar-refractivity contribution in [1.29, 1.82) is 5.26 Å². The van der Waals surface area contributed by atoms with Crippen LogP contribution in [0, 0.1) is 11.3 Å². The molecule has 6 heteroatoms. The fourth-order valence-corrected chi connectivity index (χ4v) is 2.59. The molecule has 0 radical (unpaired) electrons. The largest absolute Gasteiger partial charge is 0.490 e. The van der Waals surface area contributed by atoms with Gasteiger partial charge in [0.1, 0.15) is 12.4 Å². The molecular formula is C20H14F3NO2. The first-order valence-electron chi connectivity index (χ1n) is 7.75. The summed E-state index contributed by atoms with van der Waals surface area (Å²) in [5.41, 5.74) is -3.10. The Morgan fingerprint density at radius 3 is 2.19 bits per heavy atom. The van der Waals surface area contributed by atoms with E-state index in [-0.39, 0.29) is 11.3 Å². The normalized spacial score (nSPS) is 13.8. The average Bonchev–Trinajstić information content (AvgIpc) is 2.65. The van der Waals surface area contributed by atoms with Crippen molar-refractivity contribution in [2.75, 3.05) is 6.61 Å². The first kappa shape index (κ1) is 17.8. The van der Waals surface area contributed by atoms with E-state index in [1.54, 1.807) is 24.3 Å². The zero-order valence-corrected chi connectivity index (χ0v) is 13.5. The van der Waals surface area contributed by atoms with Crippen molar-refractivity contribution in [3.8, 4) is 11.8 Å². The molecule has 0 saturated carbocycles. The second-order valence-corrected chi connectivity index (χ2v) is 5.84. The highest BCUT2D eigenvalue weighted by atomic mass is 19.4. The number of nitriles is 1. The highest BCUT2D eigenvalue weighted by molar-refractivity contribution is 5.83. The van der Waals surface area contributed by atoms with E-state index in [1.165, 1.54) is 42.5 Å². The minimum Gasteiger partial charge on any atom is -0.490 e. The third-order valence-corrected chi connectivity index (χ3v) is 4.13. The zero-order chi connectivity index (χ0) is 18.8. The van der Waals surface area contributed by atoms with Crippen LogP contribution in [0.1, 0.15) is 11.1 Å². The van der Waals surface area contributed by atoms with E-state index in [0.29, 0.717) is 10.9 Å². The second kappa shape index (κ2) is 6.70. The third kappa shape index (κ3) is 3.35. The van der Waals surface area contributed by atoms with Crippen molar-refractivity contribution < 1.29 is 23.0 Å². The van der Waals surface area contributed by atoms with Crippen LogP contribution in [-0.2, 0) is 5.60 Å². The molecule has 1 atom stereocenters. The Kier molecular flexibility index (Phi) is 4.58. The summed E-state index contributed by atoms with van der Waals surface area (Å²) >= 11 is 0. The number of ether oxygens (including phenoxy) is 1. The number of benzene rings is 3. The van der Waals surface area contributed by atoms with E-state index in [1.807, 2.05) is 6.07 Å². The second-order valence-electron chi connectivity index (χ2n) is 5.84. The number of fused-ring (bicyclic) bond motifs is 1. The molecule has 3 aromatic carbocycles. The van der Waals surface area contributed by atoms with Crippen LogP contribution in [0.25, 0.3) is 10.8 Å². The molecular weight excluding hydrogens is 343 g/mol. The van der Waals surface area contributed by atoms with Crippen LogP contribution < -0.4 is 4.74 Å². The number of aliphatic hydroxyl groups is 1. The first-order valence-corrected chi connectivity index (χ1v) is 7.75. The van der Waals surface area contributed by atoms with Crippen LogP contribution in [0.4, 0.5) is 13.2 Å². The highest BCUT2D eigenvalue weighted by Crippen LogP contribution is 2.40. The van der Waals surface area contributed by atoms with Crippen LogP contribution in [0.3, 0.4) is 0 Å². The van der Waals surface area contributed by atoms with Gasteiger partial charge in [-0.15, -0.1) is 0 Å². The molecule has 1 unspecified atom stereocenters. The van der Waals surface area contributed by atoms with E-state index < -0.39 is 18.4 Å². The van der Waals surface area contributed by atoms with Gasteiger partial charge in [-0.05, 0) is 46.7 Å². The van der Waals surface area contributed by atoms with Gasteiger partial charge in [0.2, 0.25) is 5.60 Å². The molecule has 3 nitrogen and oxygen atoms in total. The molecule has 3 aromatic rings.